The molecule has 1 aromatic rings. The molecule has 0 saturated carbocycles. The first-order chi connectivity index (χ1) is 6.77. The van der Waals surface area contributed by atoms with Gasteiger partial charge in [-0.05, 0) is 26.0 Å². The Morgan fingerprint density at radius 1 is 1.43 bits per heavy atom. The lowest BCUT2D eigenvalue weighted by Crippen LogP contribution is -2.18. The molecule has 78 valence electrons. The largest absolute Gasteiger partial charge is 0.385 e. The zero-order chi connectivity index (χ0) is 10.4. The van der Waals surface area contributed by atoms with E-state index in [4.69, 9.17) is 4.74 Å². The molecule has 0 radical (unpaired) electrons. The molecule has 1 aromatic carbocycles. The molecule has 0 fully saturated rings. The van der Waals surface area contributed by atoms with Crippen LogP contribution >= 0.6 is 0 Å². The lowest BCUT2D eigenvalue weighted by molar-refractivity contribution is 0.184. The summed E-state index contributed by atoms with van der Waals surface area (Å²) in [6, 6.07) is 8.99. The molecule has 0 amide bonds. The van der Waals surface area contributed by atoms with Crippen LogP contribution in [0.5, 0.6) is 0 Å². The lowest BCUT2D eigenvalue weighted by Gasteiger charge is -2.16. The van der Waals surface area contributed by atoms with Gasteiger partial charge in [0, 0.05) is 19.8 Å². The van der Waals surface area contributed by atoms with E-state index in [9.17, 15) is 0 Å². The fraction of sp³-hybridized carbons (Fsp3) is 0.500. The number of methoxy groups -OCH3 is 1. The molecule has 1 unspecified atom stereocenters. The molecule has 0 aliphatic rings. The first kappa shape index (κ1) is 11.2. The van der Waals surface area contributed by atoms with Crippen LogP contribution in [0.1, 0.15) is 23.6 Å². The van der Waals surface area contributed by atoms with Crippen molar-refractivity contribution >= 4 is 0 Å². The van der Waals surface area contributed by atoms with Crippen LogP contribution in [0.2, 0.25) is 0 Å². The van der Waals surface area contributed by atoms with Crippen molar-refractivity contribution < 1.29 is 4.74 Å². The summed E-state index contributed by atoms with van der Waals surface area (Å²) in [6.07, 6.45) is 1.01. The van der Waals surface area contributed by atoms with Crippen molar-refractivity contribution in [2.24, 2.45) is 0 Å². The Labute approximate surface area is 86.3 Å². The third-order valence-corrected chi connectivity index (χ3v) is 2.40. The maximum absolute atomic E-state index is 5.09. The van der Waals surface area contributed by atoms with Gasteiger partial charge in [0.1, 0.15) is 0 Å². The zero-order valence-electron chi connectivity index (χ0n) is 9.21. The number of ether oxygens (including phenoxy) is 1. The highest BCUT2D eigenvalue weighted by Gasteiger charge is 2.07. The summed E-state index contributed by atoms with van der Waals surface area (Å²) in [5.74, 6) is 0. The van der Waals surface area contributed by atoms with Gasteiger partial charge in [-0.1, -0.05) is 29.8 Å². The Hall–Kier alpha value is -0.860. The molecule has 0 saturated heterocycles. The maximum atomic E-state index is 5.09. The van der Waals surface area contributed by atoms with E-state index in [0.717, 1.165) is 13.0 Å². The van der Waals surface area contributed by atoms with Gasteiger partial charge in [-0.3, -0.25) is 0 Å². The first-order valence-corrected chi connectivity index (χ1v) is 5.00. The second-order valence-electron chi connectivity index (χ2n) is 3.54. The minimum Gasteiger partial charge on any atom is -0.385 e. The summed E-state index contributed by atoms with van der Waals surface area (Å²) >= 11 is 0. The zero-order valence-corrected chi connectivity index (χ0v) is 9.21. The second-order valence-corrected chi connectivity index (χ2v) is 3.54. The third kappa shape index (κ3) is 3.13. The highest BCUT2D eigenvalue weighted by atomic mass is 16.5. The molecule has 14 heavy (non-hydrogen) atoms. The summed E-state index contributed by atoms with van der Waals surface area (Å²) in [4.78, 5) is 0. The fourth-order valence-corrected chi connectivity index (χ4v) is 1.60. The van der Waals surface area contributed by atoms with E-state index >= 15 is 0 Å². The predicted octanol–water partition coefficient (Wildman–Crippen LogP) is 2.29. The number of rotatable bonds is 5. The molecule has 2 nitrogen and oxygen atoms in total. The Bertz CT molecular complexity index is 273. The Balaban J connectivity index is 2.68. The van der Waals surface area contributed by atoms with Gasteiger partial charge in [0.15, 0.2) is 0 Å². The second kappa shape index (κ2) is 5.78. The van der Waals surface area contributed by atoms with Gasteiger partial charge in [-0.15, -0.1) is 0 Å². The summed E-state index contributed by atoms with van der Waals surface area (Å²) in [6.45, 7) is 2.91. The quantitative estimate of drug-likeness (QED) is 0.774. The Kier molecular flexibility index (Phi) is 4.63. The van der Waals surface area contributed by atoms with Crippen molar-refractivity contribution in [1.29, 1.82) is 0 Å². The molecule has 1 N–H and O–H groups in total. The van der Waals surface area contributed by atoms with Gasteiger partial charge in [0.2, 0.25) is 0 Å². The van der Waals surface area contributed by atoms with Crippen LogP contribution < -0.4 is 5.32 Å². The molecule has 1 atom stereocenters. The van der Waals surface area contributed by atoms with Crippen LogP contribution in [0.3, 0.4) is 0 Å². The maximum Gasteiger partial charge on any atom is 0.0480 e. The molecule has 1 rings (SSSR count). The topological polar surface area (TPSA) is 21.3 Å². The minimum atomic E-state index is 0.398. The van der Waals surface area contributed by atoms with E-state index in [2.05, 4.69) is 36.5 Å². The van der Waals surface area contributed by atoms with Gasteiger partial charge in [0.25, 0.3) is 0 Å². The van der Waals surface area contributed by atoms with Crippen LogP contribution in [0.4, 0.5) is 0 Å². The van der Waals surface area contributed by atoms with Crippen molar-refractivity contribution in [3.63, 3.8) is 0 Å². The molecule has 0 aliphatic carbocycles. The molecule has 0 heterocycles. The van der Waals surface area contributed by atoms with E-state index in [0.29, 0.717) is 6.04 Å². The summed E-state index contributed by atoms with van der Waals surface area (Å²) < 4.78 is 5.09. The number of aryl methyl sites for hydroxylation is 1. The molecule has 0 spiro atoms. The van der Waals surface area contributed by atoms with Crippen molar-refractivity contribution in [3.8, 4) is 0 Å². The lowest BCUT2D eigenvalue weighted by atomic mass is 10.0. The van der Waals surface area contributed by atoms with Gasteiger partial charge in [0.05, 0.1) is 0 Å². The Morgan fingerprint density at radius 2 is 2.21 bits per heavy atom. The molecule has 2 heteroatoms. The molecule has 0 aliphatic heterocycles. The monoisotopic (exact) mass is 193 g/mol. The van der Waals surface area contributed by atoms with Gasteiger partial charge in [-0.2, -0.15) is 0 Å². The third-order valence-electron chi connectivity index (χ3n) is 2.40. The Morgan fingerprint density at radius 3 is 2.79 bits per heavy atom. The van der Waals surface area contributed by atoms with E-state index in [1.54, 1.807) is 7.11 Å². The van der Waals surface area contributed by atoms with Crippen LogP contribution in [0.15, 0.2) is 24.3 Å². The van der Waals surface area contributed by atoms with E-state index in [-0.39, 0.29) is 0 Å². The number of hydrogen-bond acceptors (Lipinski definition) is 2. The molecule has 0 aromatic heterocycles. The van der Waals surface area contributed by atoms with Gasteiger partial charge >= 0.3 is 0 Å². The van der Waals surface area contributed by atoms with Crippen LogP contribution in [0.25, 0.3) is 0 Å². The van der Waals surface area contributed by atoms with Crippen LogP contribution in [0, 0.1) is 6.92 Å². The van der Waals surface area contributed by atoms with Gasteiger partial charge in [-0.25, -0.2) is 0 Å². The van der Waals surface area contributed by atoms with E-state index < -0.39 is 0 Å². The number of nitrogens with one attached hydrogen (secondary N) is 1. The summed E-state index contributed by atoms with van der Waals surface area (Å²) in [5, 5.41) is 3.30. The van der Waals surface area contributed by atoms with Crippen molar-refractivity contribution in [1.82, 2.24) is 5.32 Å². The number of hydrogen-bond donors (Lipinski definition) is 1. The van der Waals surface area contributed by atoms with E-state index in [1.165, 1.54) is 11.1 Å². The van der Waals surface area contributed by atoms with Crippen LogP contribution in [-0.2, 0) is 4.74 Å². The molecular formula is C12H19NO. The smallest absolute Gasteiger partial charge is 0.0480 e. The average Bonchev–Trinajstić information content (AvgIpc) is 2.19. The molecule has 0 bridgehead atoms. The molecular weight excluding hydrogens is 174 g/mol. The SMILES string of the molecule is CNC(CCOC)c1cccc(C)c1. The van der Waals surface area contributed by atoms with Crippen molar-refractivity contribution in [2.75, 3.05) is 20.8 Å². The highest BCUT2D eigenvalue weighted by Crippen LogP contribution is 2.17. The standard InChI is InChI=1S/C12H19NO/c1-10-5-4-6-11(9-10)12(13-2)7-8-14-3/h4-6,9,12-13H,7-8H2,1-3H3. The van der Waals surface area contributed by atoms with Crippen molar-refractivity contribution in [2.45, 2.75) is 19.4 Å². The highest BCUT2D eigenvalue weighted by molar-refractivity contribution is 5.24. The summed E-state index contributed by atoms with van der Waals surface area (Å²) in [7, 11) is 3.73. The fourth-order valence-electron chi connectivity index (χ4n) is 1.60. The average molecular weight is 193 g/mol. The van der Waals surface area contributed by atoms with Gasteiger partial charge < -0.3 is 10.1 Å². The van der Waals surface area contributed by atoms with Crippen molar-refractivity contribution in [3.05, 3.63) is 35.4 Å². The van der Waals surface area contributed by atoms with E-state index in [1.807, 2.05) is 7.05 Å². The van der Waals surface area contributed by atoms with Crippen LogP contribution in [-0.4, -0.2) is 20.8 Å². The first-order valence-electron chi connectivity index (χ1n) is 5.00. The predicted molar refractivity (Wildman–Crippen MR) is 59.5 cm³/mol. The summed E-state index contributed by atoms with van der Waals surface area (Å²) in [5.41, 5.74) is 2.64. The normalized spacial score (nSPS) is 12.8. The number of benzene rings is 1. The minimum absolute atomic E-state index is 0.398.